The van der Waals surface area contributed by atoms with Crippen LogP contribution in [0.25, 0.3) is 16.9 Å². The predicted molar refractivity (Wildman–Crippen MR) is 157 cm³/mol. The third-order valence-electron chi connectivity index (χ3n) is 6.75. The molecule has 4 heterocycles. The molecule has 0 spiro atoms. The minimum absolute atomic E-state index is 0.151. The Balaban J connectivity index is 1.65. The maximum Gasteiger partial charge on any atom is 0.278 e. The van der Waals surface area contributed by atoms with E-state index in [2.05, 4.69) is 64.2 Å². The Bertz CT molecular complexity index is 1810. The Morgan fingerprint density at radius 3 is 2.73 bits per heavy atom. The zero-order chi connectivity index (χ0) is 28.8. The molecule has 1 N–H and O–H groups in total. The number of hydrogen-bond donors (Lipinski definition) is 1. The zero-order valence-corrected chi connectivity index (χ0v) is 24.1. The largest absolute Gasteiger partial charge is 0.324 e. The normalized spacial score (nSPS) is 14.0. The standard InChI is InChI=1S/C28H33FN8O2S/c1-7-11-36-27(38)22-15-30-28(31-19-13-18-16-35(4)12-10-20(18)21(14-19)17(2)3)33-26(22)37(36)24-9-8-23(29)25(32-24)34-40(5,6)39/h7-9,13-15,17H,1,10-12,16H2,2-6H3,(H,30,31,33). The summed E-state index contributed by atoms with van der Waals surface area (Å²) < 4.78 is 33.6. The summed E-state index contributed by atoms with van der Waals surface area (Å²) in [6.45, 7) is 10.2. The van der Waals surface area contributed by atoms with Crippen molar-refractivity contribution in [2.24, 2.45) is 4.36 Å². The van der Waals surface area contributed by atoms with Gasteiger partial charge in [0.1, 0.15) is 5.39 Å². The number of rotatable bonds is 7. The molecule has 210 valence electrons. The molecule has 12 heteroatoms. The predicted octanol–water partition coefficient (Wildman–Crippen LogP) is 4.52. The van der Waals surface area contributed by atoms with Crippen molar-refractivity contribution in [1.82, 2.24) is 29.2 Å². The summed E-state index contributed by atoms with van der Waals surface area (Å²) in [5.74, 6) is -0.176. The molecular weight excluding hydrogens is 531 g/mol. The molecule has 40 heavy (non-hydrogen) atoms. The molecule has 0 bridgehead atoms. The van der Waals surface area contributed by atoms with Crippen LogP contribution < -0.4 is 10.9 Å². The third kappa shape index (κ3) is 5.41. The molecule has 0 unspecified atom stereocenters. The van der Waals surface area contributed by atoms with Crippen LogP contribution in [0, 0.1) is 5.82 Å². The first-order valence-electron chi connectivity index (χ1n) is 13.0. The van der Waals surface area contributed by atoms with E-state index in [0.29, 0.717) is 11.9 Å². The van der Waals surface area contributed by atoms with Gasteiger partial charge in [0, 0.05) is 47.2 Å². The van der Waals surface area contributed by atoms with Crippen molar-refractivity contribution in [1.29, 1.82) is 0 Å². The summed E-state index contributed by atoms with van der Waals surface area (Å²) in [4.78, 5) is 29.0. The first kappa shape index (κ1) is 27.7. The number of aromatic nitrogens is 5. The minimum Gasteiger partial charge on any atom is -0.324 e. The van der Waals surface area contributed by atoms with Crippen molar-refractivity contribution in [3.8, 4) is 5.82 Å². The highest BCUT2D eigenvalue weighted by Gasteiger charge is 2.21. The molecule has 0 fully saturated rings. The van der Waals surface area contributed by atoms with Crippen molar-refractivity contribution in [2.75, 3.05) is 31.4 Å². The van der Waals surface area contributed by atoms with Gasteiger partial charge in [0.05, 0.1) is 6.54 Å². The fourth-order valence-electron chi connectivity index (χ4n) is 5.01. The Labute approximate surface area is 232 Å². The average molecular weight is 565 g/mol. The van der Waals surface area contributed by atoms with Gasteiger partial charge in [0.2, 0.25) is 5.95 Å². The Morgan fingerprint density at radius 2 is 2.02 bits per heavy atom. The van der Waals surface area contributed by atoms with Gasteiger partial charge >= 0.3 is 0 Å². The van der Waals surface area contributed by atoms with Crippen molar-refractivity contribution in [3.05, 3.63) is 76.0 Å². The Morgan fingerprint density at radius 1 is 1.25 bits per heavy atom. The Kier molecular flexibility index (Phi) is 7.32. The second-order valence-electron chi connectivity index (χ2n) is 10.6. The molecule has 1 aliphatic heterocycles. The highest BCUT2D eigenvalue weighted by atomic mass is 32.2. The van der Waals surface area contributed by atoms with Gasteiger partial charge in [-0.2, -0.15) is 9.35 Å². The molecule has 0 saturated carbocycles. The SMILES string of the molecule is C=CCn1c(=O)c2cnc(Nc3cc4c(c(C(C)C)c3)CCN(C)C4)nc2n1-c1ccc(F)c(N=S(C)(C)=O)n1. The van der Waals surface area contributed by atoms with Crippen molar-refractivity contribution in [3.63, 3.8) is 0 Å². The lowest BCUT2D eigenvalue weighted by Gasteiger charge is -2.28. The lowest BCUT2D eigenvalue weighted by atomic mass is 9.88. The van der Waals surface area contributed by atoms with E-state index in [1.807, 2.05) is 0 Å². The highest BCUT2D eigenvalue weighted by molar-refractivity contribution is 7.92. The molecule has 0 aliphatic carbocycles. The topological polar surface area (TPSA) is 110 Å². The van der Waals surface area contributed by atoms with Crippen LogP contribution in [-0.4, -0.2) is 59.5 Å². The number of hydrogen-bond acceptors (Lipinski definition) is 8. The van der Waals surface area contributed by atoms with Crippen molar-refractivity contribution < 1.29 is 8.60 Å². The summed E-state index contributed by atoms with van der Waals surface area (Å²) in [7, 11) is -0.563. The first-order chi connectivity index (χ1) is 18.9. The number of nitrogens with one attached hydrogen (secondary N) is 1. The maximum absolute atomic E-state index is 14.5. The van der Waals surface area contributed by atoms with Crippen LogP contribution in [0.2, 0.25) is 0 Å². The minimum atomic E-state index is -2.68. The smallest absolute Gasteiger partial charge is 0.278 e. The molecule has 0 atom stereocenters. The highest BCUT2D eigenvalue weighted by Crippen LogP contribution is 2.32. The summed E-state index contributed by atoms with van der Waals surface area (Å²) >= 11 is 0. The molecule has 0 radical (unpaired) electrons. The van der Waals surface area contributed by atoms with E-state index in [9.17, 15) is 13.4 Å². The van der Waals surface area contributed by atoms with Crippen LogP contribution in [0.4, 0.5) is 21.8 Å². The number of likely N-dealkylation sites (N-methyl/N-ethyl adjacent to an activating group) is 1. The van der Waals surface area contributed by atoms with Gasteiger partial charge in [-0.15, -0.1) is 6.58 Å². The number of pyridine rings is 1. The van der Waals surface area contributed by atoms with Crippen LogP contribution in [0.1, 0.15) is 36.5 Å². The molecule has 1 aliphatic rings. The van der Waals surface area contributed by atoms with E-state index in [-0.39, 0.29) is 34.8 Å². The van der Waals surface area contributed by atoms with Gasteiger partial charge in [0.25, 0.3) is 5.56 Å². The summed E-state index contributed by atoms with van der Waals surface area (Å²) in [5, 5.41) is 3.59. The number of allylic oxidation sites excluding steroid dienone is 1. The molecule has 1 aromatic carbocycles. The van der Waals surface area contributed by atoms with Crippen LogP contribution in [0.3, 0.4) is 0 Å². The quantitative estimate of drug-likeness (QED) is 0.329. The molecule has 4 aromatic rings. The summed E-state index contributed by atoms with van der Waals surface area (Å²) in [6, 6.07) is 6.87. The van der Waals surface area contributed by atoms with Gasteiger partial charge in [-0.05, 0) is 60.3 Å². The van der Waals surface area contributed by atoms with Gasteiger partial charge in [-0.3, -0.25) is 4.79 Å². The van der Waals surface area contributed by atoms with Gasteiger partial charge in [-0.25, -0.2) is 27.9 Å². The molecule has 3 aromatic heterocycles. The lowest BCUT2D eigenvalue weighted by Crippen LogP contribution is -2.27. The maximum atomic E-state index is 14.5. The average Bonchev–Trinajstić information content (AvgIpc) is 3.14. The fourth-order valence-corrected chi connectivity index (χ4v) is 5.56. The van der Waals surface area contributed by atoms with E-state index in [1.165, 1.54) is 56.9 Å². The number of nitrogens with zero attached hydrogens (tertiary/aromatic N) is 7. The van der Waals surface area contributed by atoms with E-state index < -0.39 is 15.5 Å². The number of halogens is 1. The van der Waals surface area contributed by atoms with Crippen LogP contribution >= 0.6 is 0 Å². The van der Waals surface area contributed by atoms with E-state index in [0.717, 1.165) is 25.2 Å². The van der Waals surface area contributed by atoms with Crippen LogP contribution in [0.5, 0.6) is 0 Å². The van der Waals surface area contributed by atoms with Crippen LogP contribution in [-0.2, 0) is 29.2 Å². The first-order valence-corrected chi connectivity index (χ1v) is 15.3. The monoisotopic (exact) mass is 564 g/mol. The lowest BCUT2D eigenvalue weighted by molar-refractivity contribution is 0.312. The number of benzene rings is 1. The third-order valence-corrected chi connectivity index (χ3v) is 7.37. The van der Waals surface area contributed by atoms with Gasteiger partial charge < -0.3 is 10.2 Å². The molecular formula is C28H33FN8O2S. The van der Waals surface area contributed by atoms with E-state index >= 15 is 0 Å². The second kappa shape index (κ2) is 10.6. The number of anilines is 2. The zero-order valence-electron chi connectivity index (χ0n) is 23.3. The summed E-state index contributed by atoms with van der Waals surface area (Å²) in [6.07, 6.45) is 6.84. The summed E-state index contributed by atoms with van der Waals surface area (Å²) in [5.41, 5.74) is 4.76. The Hall–Kier alpha value is -3.90. The van der Waals surface area contributed by atoms with Crippen LogP contribution in [0.15, 0.2) is 52.3 Å². The van der Waals surface area contributed by atoms with E-state index in [1.54, 1.807) is 6.08 Å². The molecule has 0 amide bonds. The van der Waals surface area contributed by atoms with Gasteiger partial charge in [0.15, 0.2) is 23.1 Å². The van der Waals surface area contributed by atoms with Crippen molar-refractivity contribution in [2.45, 2.75) is 39.3 Å². The fraction of sp³-hybridized carbons (Fsp3) is 0.357. The number of fused-ring (bicyclic) bond motifs is 2. The molecule has 10 nitrogen and oxygen atoms in total. The molecule has 5 rings (SSSR count). The van der Waals surface area contributed by atoms with Gasteiger partial charge in [-0.1, -0.05) is 19.9 Å². The van der Waals surface area contributed by atoms with Crippen molar-refractivity contribution >= 4 is 38.2 Å². The second-order valence-corrected chi connectivity index (χ2v) is 13.2. The van der Waals surface area contributed by atoms with E-state index in [4.69, 9.17) is 4.98 Å². The molecule has 0 saturated heterocycles.